The molecule has 1 aliphatic carbocycles. The largest absolute Gasteiger partial charge is 0.357 e. The van der Waals surface area contributed by atoms with E-state index in [0.717, 1.165) is 32.4 Å². The molecular weight excluding hydrogens is 284 g/mol. The van der Waals surface area contributed by atoms with Crippen molar-refractivity contribution >= 4 is 23.2 Å². The highest BCUT2D eigenvalue weighted by molar-refractivity contribution is 7.11. The Hall–Kier alpha value is -1.56. The fourth-order valence-electron chi connectivity index (χ4n) is 1.87. The van der Waals surface area contributed by atoms with Gasteiger partial charge >= 0.3 is 0 Å². The van der Waals surface area contributed by atoms with Crippen molar-refractivity contribution in [3.05, 3.63) is 21.9 Å². The minimum Gasteiger partial charge on any atom is -0.357 e. The topological polar surface area (TPSA) is 65.5 Å². The van der Waals surface area contributed by atoms with E-state index in [1.54, 1.807) is 0 Å². The summed E-state index contributed by atoms with van der Waals surface area (Å²) in [4.78, 5) is 18.6. The summed E-state index contributed by atoms with van der Waals surface area (Å²) in [5.74, 6) is 0.689. The number of carbonyl (C=O) groups is 1. The van der Waals surface area contributed by atoms with Crippen molar-refractivity contribution in [1.82, 2.24) is 16.0 Å². The molecule has 0 saturated heterocycles. The van der Waals surface area contributed by atoms with Crippen LogP contribution in [0, 0.1) is 0 Å². The van der Waals surface area contributed by atoms with Gasteiger partial charge < -0.3 is 16.0 Å². The Bertz CT molecular complexity index is 494. The van der Waals surface area contributed by atoms with Gasteiger partial charge in [0, 0.05) is 22.3 Å². The van der Waals surface area contributed by atoms with Crippen molar-refractivity contribution < 1.29 is 4.79 Å². The van der Waals surface area contributed by atoms with E-state index in [2.05, 4.69) is 40.0 Å². The number of rotatable bonds is 7. The molecule has 0 radical (unpaired) electrons. The van der Waals surface area contributed by atoms with Gasteiger partial charge in [-0.1, -0.05) is 6.92 Å². The third-order valence-electron chi connectivity index (χ3n) is 3.16. The highest BCUT2D eigenvalue weighted by Gasteiger charge is 2.22. The Morgan fingerprint density at radius 2 is 2.05 bits per heavy atom. The van der Waals surface area contributed by atoms with Crippen molar-refractivity contribution in [2.24, 2.45) is 4.99 Å². The van der Waals surface area contributed by atoms with Gasteiger partial charge in [-0.25, -0.2) is 4.99 Å². The molecule has 1 fully saturated rings. The van der Waals surface area contributed by atoms with E-state index in [4.69, 9.17) is 0 Å². The predicted molar refractivity (Wildman–Crippen MR) is 87.7 cm³/mol. The Balaban J connectivity index is 1.80. The number of carbonyl (C=O) groups excluding carboxylic acids is 1. The maximum Gasteiger partial charge on any atom is 0.242 e. The van der Waals surface area contributed by atoms with Crippen LogP contribution in [0.25, 0.3) is 0 Å². The minimum atomic E-state index is -0.000837. The molecule has 1 aliphatic rings. The van der Waals surface area contributed by atoms with E-state index in [-0.39, 0.29) is 12.5 Å². The fourth-order valence-corrected chi connectivity index (χ4v) is 2.77. The lowest BCUT2D eigenvalue weighted by atomic mass is 10.4. The number of thiophene rings is 1. The third-order valence-corrected chi connectivity index (χ3v) is 4.39. The fraction of sp³-hybridized carbons (Fsp3) is 0.600. The van der Waals surface area contributed by atoms with Gasteiger partial charge in [0.15, 0.2) is 5.96 Å². The van der Waals surface area contributed by atoms with Crippen LogP contribution in [0.15, 0.2) is 17.1 Å². The lowest BCUT2D eigenvalue weighted by molar-refractivity contribution is -0.119. The molecule has 0 aliphatic heterocycles. The van der Waals surface area contributed by atoms with Gasteiger partial charge in [-0.05, 0) is 38.3 Å². The SMILES string of the molecule is CCNC(=NCC(=O)NC1CC1)NCc1ccc(CC)s1. The van der Waals surface area contributed by atoms with Crippen LogP contribution in [0.4, 0.5) is 0 Å². The summed E-state index contributed by atoms with van der Waals surface area (Å²) < 4.78 is 0. The molecule has 1 saturated carbocycles. The molecule has 0 atom stereocenters. The number of aryl methyl sites for hydroxylation is 1. The highest BCUT2D eigenvalue weighted by atomic mass is 32.1. The van der Waals surface area contributed by atoms with Crippen molar-refractivity contribution in [3.63, 3.8) is 0 Å². The molecule has 21 heavy (non-hydrogen) atoms. The molecular formula is C15H24N4OS. The van der Waals surface area contributed by atoms with E-state index >= 15 is 0 Å². The molecule has 0 aromatic carbocycles. The van der Waals surface area contributed by atoms with Gasteiger partial charge in [0.05, 0.1) is 6.54 Å². The normalized spacial score (nSPS) is 14.9. The number of aliphatic imine (C=N–C) groups is 1. The second kappa shape index (κ2) is 8.02. The molecule has 0 bridgehead atoms. The standard InChI is InChI=1S/C15H24N4OS/c1-3-12-7-8-13(21-12)9-17-15(16-4-2)18-10-14(20)19-11-5-6-11/h7-8,11H,3-6,9-10H2,1-2H3,(H,19,20)(H2,16,17,18). The zero-order chi connectivity index (χ0) is 15.1. The van der Waals surface area contributed by atoms with Gasteiger partial charge in [0.25, 0.3) is 0 Å². The average Bonchev–Trinajstić information content (AvgIpc) is 3.17. The first-order chi connectivity index (χ1) is 10.2. The van der Waals surface area contributed by atoms with Crippen molar-refractivity contribution in [1.29, 1.82) is 0 Å². The van der Waals surface area contributed by atoms with Crippen LogP contribution < -0.4 is 16.0 Å². The van der Waals surface area contributed by atoms with E-state index < -0.39 is 0 Å². The van der Waals surface area contributed by atoms with Gasteiger partial charge in [-0.15, -0.1) is 11.3 Å². The van der Waals surface area contributed by atoms with Crippen LogP contribution in [0.2, 0.25) is 0 Å². The van der Waals surface area contributed by atoms with Crippen LogP contribution in [0.3, 0.4) is 0 Å². The van der Waals surface area contributed by atoms with Gasteiger partial charge in [0.2, 0.25) is 5.91 Å². The zero-order valence-corrected chi connectivity index (χ0v) is 13.6. The van der Waals surface area contributed by atoms with Gasteiger partial charge in [0.1, 0.15) is 6.54 Å². The molecule has 1 aromatic rings. The van der Waals surface area contributed by atoms with Crippen LogP contribution in [-0.4, -0.2) is 31.0 Å². The van der Waals surface area contributed by atoms with E-state index in [1.165, 1.54) is 9.75 Å². The van der Waals surface area contributed by atoms with Gasteiger partial charge in [-0.3, -0.25) is 4.79 Å². The first-order valence-electron chi connectivity index (χ1n) is 7.60. The molecule has 116 valence electrons. The summed E-state index contributed by atoms with van der Waals surface area (Å²) in [5.41, 5.74) is 0. The number of nitrogens with one attached hydrogen (secondary N) is 3. The van der Waals surface area contributed by atoms with Crippen LogP contribution in [-0.2, 0) is 17.8 Å². The molecule has 1 amide bonds. The molecule has 1 aromatic heterocycles. The number of guanidine groups is 1. The van der Waals surface area contributed by atoms with Crippen molar-refractivity contribution in [2.45, 2.75) is 45.7 Å². The number of hydrogen-bond donors (Lipinski definition) is 3. The smallest absolute Gasteiger partial charge is 0.242 e. The Morgan fingerprint density at radius 1 is 1.29 bits per heavy atom. The maximum atomic E-state index is 11.6. The molecule has 5 nitrogen and oxygen atoms in total. The maximum absolute atomic E-state index is 11.6. The van der Waals surface area contributed by atoms with Crippen molar-refractivity contribution in [2.75, 3.05) is 13.1 Å². The molecule has 0 spiro atoms. The summed E-state index contributed by atoms with van der Waals surface area (Å²) in [5, 5.41) is 9.37. The van der Waals surface area contributed by atoms with E-state index in [0.29, 0.717) is 12.0 Å². The predicted octanol–water partition coefficient (Wildman–Crippen LogP) is 1.64. The second-order valence-electron chi connectivity index (χ2n) is 5.11. The first kappa shape index (κ1) is 15.8. The number of amides is 1. The molecule has 2 rings (SSSR count). The Kier molecular flexibility index (Phi) is 6.04. The second-order valence-corrected chi connectivity index (χ2v) is 6.36. The Labute approximate surface area is 130 Å². The lowest BCUT2D eigenvalue weighted by Gasteiger charge is -2.10. The highest BCUT2D eigenvalue weighted by Crippen LogP contribution is 2.18. The summed E-state index contributed by atoms with van der Waals surface area (Å²) >= 11 is 1.81. The minimum absolute atomic E-state index is 0.000837. The average molecular weight is 308 g/mol. The number of nitrogens with zero attached hydrogens (tertiary/aromatic N) is 1. The van der Waals surface area contributed by atoms with Gasteiger partial charge in [-0.2, -0.15) is 0 Å². The summed E-state index contributed by atoms with van der Waals surface area (Å²) in [6.07, 6.45) is 3.28. The van der Waals surface area contributed by atoms with E-state index in [9.17, 15) is 4.79 Å². The molecule has 3 N–H and O–H groups in total. The zero-order valence-electron chi connectivity index (χ0n) is 12.7. The lowest BCUT2D eigenvalue weighted by Crippen LogP contribution is -2.38. The quantitative estimate of drug-likeness (QED) is 0.530. The molecule has 6 heteroatoms. The van der Waals surface area contributed by atoms with Crippen LogP contribution in [0.1, 0.15) is 36.4 Å². The molecule has 1 heterocycles. The van der Waals surface area contributed by atoms with Crippen molar-refractivity contribution in [3.8, 4) is 0 Å². The third kappa shape index (κ3) is 5.75. The summed E-state index contributed by atoms with van der Waals surface area (Å²) in [7, 11) is 0. The summed E-state index contributed by atoms with van der Waals surface area (Å²) in [6, 6.07) is 4.69. The van der Waals surface area contributed by atoms with Crippen LogP contribution >= 0.6 is 11.3 Å². The van der Waals surface area contributed by atoms with Crippen LogP contribution in [0.5, 0.6) is 0 Å². The monoisotopic (exact) mass is 308 g/mol. The number of hydrogen-bond acceptors (Lipinski definition) is 3. The first-order valence-corrected chi connectivity index (χ1v) is 8.42. The van der Waals surface area contributed by atoms with E-state index in [1.807, 2.05) is 18.3 Å². The summed E-state index contributed by atoms with van der Waals surface area (Å²) in [6.45, 7) is 5.87. The Morgan fingerprint density at radius 3 is 2.67 bits per heavy atom. The molecule has 0 unspecified atom stereocenters.